The molecule has 4 heteroatoms. The van der Waals surface area contributed by atoms with Crippen molar-refractivity contribution >= 4 is 15.7 Å². The van der Waals surface area contributed by atoms with E-state index in [1.807, 2.05) is 45.9 Å². The summed E-state index contributed by atoms with van der Waals surface area (Å²) in [5, 5.41) is 0. The molecule has 1 rings (SSSR count). The van der Waals surface area contributed by atoms with Gasteiger partial charge in [0.2, 0.25) is 10.0 Å². The van der Waals surface area contributed by atoms with Crippen molar-refractivity contribution < 1.29 is 8.42 Å². The number of aryl methyl sites for hydroxylation is 2. The van der Waals surface area contributed by atoms with E-state index in [2.05, 4.69) is 4.72 Å². The van der Waals surface area contributed by atoms with Crippen molar-refractivity contribution in [2.24, 2.45) is 0 Å². The van der Waals surface area contributed by atoms with Crippen LogP contribution in [-0.4, -0.2) is 14.7 Å². The first-order valence-corrected chi connectivity index (χ1v) is 6.83. The maximum Gasteiger partial charge on any atom is 0.229 e. The van der Waals surface area contributed by atoms with Crippen LogP contribution in [0.3, 0.4) is 0 Å². The van der Waals surface area contributed by atoms with Crippen molar-refractivity contribution in [2.45, 2.75) is 27.7 Å². The minimum Gasteiger partial charge on any atom is -0.283 e. The lowest BCUT2D eigenvalue weighted by molar-refractivity contribution is 0.606. The van der Waals surface area contributed by atoms with Gasteiger partial charge in [-0.25, -0.2) is 8.42 Å². The molecule has 1 aromatic rings. The third-order valence-electron chi connectivity index (χ3n) is 1.77. The molecule has 0 radical (unpaired) electrons. The van der Waals surface area contributed by atoms with Crippen LogP contribution < -0.4 is 4.72 Å². The quantitative estimate of drug-likeness (QED) is 0.847. The minimum atomic E-state index is -3.17. The van der Waals surface area contributed by atoms with Crippen molar-refractivity contribution in [3.05, 3.63) is 29.3 Å². The first kappa shape index (κ1) is 14.0. The Morgan fingerprint density at radius 2 is 1.47 bits per heavy atom. The SMILES string of the molecule is CC.Cc1cccc(C)c1NS(C)(=O)=O. The third-order valence-corrected chi connectivity index (χ3v) is 2.34. The van der Waals surface area contributed by atoms with Crippen molar-refractivity contribution in [1.82, 2.24) is 0 Å². The molecule has 0 saturated carbocycles. The maximum absolute atomic E-state index is 11.0. The molecular weight excluding hydrogens is 210 g/mol. The smallest absolute Gasteiger partial charge is 0.229 e. The Morgan fingerprint density at radius 3 is 1.80 bits per heavy atom. The molecule has 0 fully saturated rings. The van der Waals surface area contributed by atoms with Crippen LogP contribution in [0.25, 0.3) is 0 Å². The number of hydrogen-bond acceptors (Lipinski definition) is 2. The molecule has 0 aliphatic heterocycles. The Balaban J connectivity index is 0.000000921. The largest absolute Gasteiger partial charge is 0.283 e. The molecule has 0 amide bonds. The average molecular weight is 229 g/mol. The summed E-state index contributed by atoms with van der Waals surface area (Å²) in [4.78, 5) is 0. The van der Waals surface area contributed by atoms with E-state index < -0.39 is 10.0 Å². The molecule has 1 N–H and O–H groups in total. The van der Waals surface area contributed by atoms with Crippen molar-refractivity contribution in [3.63, 3.8) is 0 Å². The summed E-state index contributed by atoms with van der Waals surface area (Å²) >= 11 is 0. The van der Waals surface area contributed by atoms with Gasteiger partial charge in [-0.2, -0.15) is 0 Å². The standard InChI is InChI=1S/C9H13NO2S.C2H6/c1-7-5-4-6-8(2)9(7)10-13(3,11)12;1-2/h4-6,10H,1-3H3;1-2H3. The minimum absolute atomic E-state index is 0.685. The molecule has 1 aromatic carbocycles. The number of rotatable bonds is 2. The summed E-state index contributed by atoms with van der Waals surface area (Å²) in [6, 6.07) is 5.65. The zero-order valence-corrected chi connectivity index (χ0v) is 10.8. The molecule has 0 saturated heterocycles. The molecule has 0 aliphatic rings. The summed E-state index contributed by atoms with van der Waals surface area (Å²) in [6.07, 6.45) is 1.15. The van der Waals surface area contributed by atoms with E-state index in [0.717, 1.165) is 17.4 Å². The van der Waals surface area contributed by atoms with Crippen molar-refractivity contribution in [2.75, 3.05) is 11.0 Å². The molecule has 0 spiro atoms. The van der Waals surface area contributed by atoms with Gasteiger partial charge in [-0.05, 0) is 25.0 Å². The van der Waals surface area contributed by atoms with Crippen LogP contribution in [0.4, 0.5) is 5.69 Å². The Labute approximate surface area is 92.6 Å². The average Bonchev–Trinajstić information content (AvgIpc) is 2.14. The Morgan fingerprint density at radius 1 is 1.07 bits per heavy atom. The van der Waals surface area contributed by atoms with Gasteiger partial charge in [0, 0.05) is 0 Å². The van der Waals surface area contributed by atoms with Crippen molar-refractivity contribution in [3.8, 4) is 0 Å². The van der Waals surface area contributed by atoms with Gasteiger partial charge in [-0.15, -0.1) is 0 Å². The summed E-state index contributed by atoms with van der Waals surface area (Å²) in [5.74, 6) is 0. The molecule has 0 aliphatic carbocycles. The molecule has 15 heavy (non-hydrogen) atoms. The topological polar surface area (TPSA) is 46.2 Å². The zero-order valence-electron chi connectivity index (χ0n) is 9.96. The van der Waals surface area contributed by atoms with Gasteiger partial charge in [0.1, 0.15) is 0 Å². The van der Waals surface area contributed by atoms with E-state index in [0.29, 0.717) is 5.69 Å². The molecule has 0 heterocycles. The second kappa shape index (κ2) is 5.75. The highest BCUT2D eigenvalue weighted by molar-refractivity contribution is 7.92. The van der Waals surface area contributed by atoms with Crippen LogP contribution in [0.2, 0.25) is 0 Å². The van der Waals surface area contributed by atoms with Crippen LogP contribution in [0, 0.1) is 13.8 Å². The summed E-state index contributed by atoms with van der Waals surface area (Å²) < 4.78 is 24.5. The van der Waals surface area contributed by atoms with Crippen LogP contribution in [0.1, 0.15) is 25.0 Å². The van der Waals surface area contributed by atoms with E-state index in [1.54, 1.807) is 0 Å². The first-order valence-electron chi connectivity index (χ1n) is 4.94. The lowest BCUT2D eigenvalue weighted by atomic mass is 10.1. The zero-order chi connectivity index (χ0) is 12.1. The van der Waals surface area contributed by atoms with Gasteiger partial charge in [-0.3, -0.25) is 4.72 Å². The number of hydrogen-bond donors (Lipinski definition) is 1. The van der Waals surface area contributed by atoms with Crippen molar-refractivity contribution in [1.29, 1.82) is 0 Å². The summed E-state index contributed by atoms with van der Waals surface area (Å²) in [6.45, 7) is 7.75. The number of sulfonamides is 1. The van der Waals surface area contributed by atoms with Crippen LogP contribution in [-0.2, 0) is 10.0 Å². The second-order valence-electron chi connectivity index (χ2n) is 3.14. The molecule has 0 atom stereocenters. The van der Waals surface area contributed by atoms with E-state index >= 15 is 0 Å². The number of para-hydroxylation sites is 1. The Kier molecular flexibility index (Phi) is 5.36. The fourth-order valence-electron chi connectivity index (χ4n) is 1.16. The van der Waals surface area contributed by atoms with E-state index in [4.69, 9.17) is 0 Å². The molecule has 0 aromatic heterocycles. The van der Waals surface area contributed by atoms with Gasteiger partial charge < -0.3 is 0 Å². The number of nitrogens with one attached hydrogen (secondary N) is 1. The molecule has 3 nitrogen and oxygen atoms in total. The van der Waals surface area contributed by atoms with Gasteiger partial charge in [0.25, 0.3) is 0 Å². The number of anilines is 1. The van der Waals surface area contributed by atoms with Gasteiger partial charge >= 0.3 is 0 Å². The monoisotopic (exact) mass is 229 g/mol. The fraction of sp³-hybridized carbons (Fsp3) is 0.455. The highest BCUT2D eigenvalue weighted by Gasteiger charge is 2.06. The third kappa shape index (κ3) is 4.83. The summed E-state index contributed by atoms with van der Waals surface area (Å²) in [7, 11) is -3.17. The highest BCUT2D eigenvalue weighted by atomic mass is 32.2. The normalized spacial score (nSPS) is 10.2. The highest BCUT2D eigenvalue weighted by Crippen LogP contribution is 2.19. The maximum atomic E-state index is 11.0. The van der Waals surface area contributed by atoms with E-state index in [-0.39, 0.29) is 0 Å². The molecule has 86 valence electrons. The summed E-state index contributed by atoms with van der Waals surface area (Å²) in [5.41, 5.74) is 2.56. The fourth-order valence-corrected chi connectivity index (χ4v) is 1.85. The van der Waals surface area contributed by atoms with Crippen LogP contribution in [0.5, 0.6) is 0 Å². The van der Waals surface area contributed by atoms with E-state index in [1.165, 1.54) is 0 Å². The molecule has 0 unspecified atom stereocenters. The van der Waals surface area contributed by atoms with Gasteiger partial charge in [-0.1, -0.05) is 32.0 Å². The van der Waals surface area contributed by atoms with Crippen LogP contribution in [0.15, 0.2) is 18.2 Å². The first-order chi connectivity index (χ1) is 6.90. The predicted molar refractivity (Wildman–Crippen MR) is 65.7 cm³/mol. The van der Waals surface area contributed by atoms with Gasteiger partial charge in [0.15, 0.2) is 0 Å². The van der Waals surface area contributed by atoms with Gasteiger partial charge in [0.05, 0.1) is 11.9 Å². The lowest BCUT2D eigenvalue weighted by Gasteiger charge is -2.10. The predicted octanol–water partition coefficient (Wildman–Crippen LogP) is 2.70. The molecular formula is C11H19NO2S. The van der Waals surface area contributed by atoms with Crippen LogP contribution >= 0.6 is 0 Å². The molecule has 0 bridgehead atoms. The second-order valence-corrected chi connectivity index (χ2v) is 4.89. The Bertz CT molecular complexity index is 390. The number of benzene rings is 1. The van der Waals surface area contributed by atoms with E-state index in [9.17, 15) is 8.42 Å². The lowest BCUT2D eigenvalue weighted by Crippen LogP contribution is -2.11. The Hall–Kier alpha value is -1.03.